The van der Waals surface area contributed by atoms with Crippen LogP contribution in [0.25, 0.3) is 0 Å². The van der Waals surface area contributed by atoms with Crippen LogP contribution >= 0.6 is 0 Å². The van der Waals surface area contributed by atoms with E-state index in [2.05, 4.69) is 0 Å². The highest BCUT2D eigenvalue weighted by molar-refractivity contribution is 5.75. The van der Waals surface area contributed by atoms with Gasteiger partial charge in [-0.25, -0.2) is 9.78 Å². The molecule has 0 aromatic carbocycles. The summed E-state index contributed by atoms with van der Waals surface area (Å²) in [5.41, 5.74) is 0. The first-order valence-corrected chi connectivity index (χ1v) is 7.82. The van der Waals surface area contributed by atoms with E-state index in [0.717, 1.165) is 4.90 Å². The molecule has 1 heterocycles. The van der Waals surface area contributed by atoms with Gasteiger partial charge in [0.15, 0.2) is 0 Å². The molecule has 12 heteroatoms. The molecule has 0 radical (unpaired) electrons. The van der Waals surface area contributed by atoms with Crippen molar-refractivity contribution < 1.29 is 49.4 Å². The van der Waals surface area contributed by atoms with Crippen molar-refractivity contribution >= 4 is 23.9 Å². The van der Waals surface area contributed by atoms with Gasteiger partial charge in [-0.1, -0.05) is 0 Å². The summed E-state index contributed by atoms with van der Waals surface area (Å²) in [6.07, 6.45) is -0.000625. The minimum atomic E-state index is -1.18. The average molecular weight is 378 g/mol. The SMILES string of the molecule is O=C(O)CN(CCOOC1CCC(C(=O)O)N(CC(=O)O)C1)CC(=O)O. The summed E-state index contributed by atoms with van der Waals surface area (Å²) >= 11 is 0. The summed E-state index contributed by atoms with van der Waals surface area (Å²) in [7, 11) is 0. The summed E-state index contributed by atoms with van der Waals surface area (Å²) < 4.78 is 0. The molecule has 1 saturated heterocycles. The molecular weight excluding hydrogens is 356 g/mol. The molecule has 1 aliphatic heterocycles. The van der Waals surface area contributed by atoms with E-state index in [4.69, 9.17) is 30.2 Å². The Morgan fingerprint density at radius 3 is 2.08 bits per heavy atom. The maximum atomic E-state index is 11.2. The van der Waals surface area contributed by atoms with E-state index in [1.54, 1.807) is 0 Å². The van der Waals surface area contributed by atoms with Crippen molar-refractivity contribution in [3.63, 3.8) is 0 Å². The summed E-state index contributed by atoms with van der Waals surface area (Å²) in [6, 6.07) is -0.910. The Labute approximate surface area is 148 Å². The van der Waals surface area contributed by atoms with Gasteiger partial charge >= 0.3 is 23.9 Å². The molecule has 4 N–H and O–H groups in total. The van der Waals surface area contributed by atoms with Gasteiger partial charge in [0.25, 0.3) is 0 Å². The summed E-state index contributed by atoms with van der Waals surface area (Å²) in [5.74, 6) is -4.62. The van der Waals surface area contributed by atoms with Crippen LogP contribution in [0.15, 0.2) is 0 Å². The number of nitrogens with zero attached hydrogens (tertiary/aromatic N) is 2. The first kappa shape index (κ1) is 21.8. The molecule has 26 heavy (non-hydrogen) atoms. The zero-order chi connectivity index (χ0) is 19.7. The fraction of sp³-hybridized carbons (Fsp3) is 0.714. The average Bonchev–Trinajstić information content (AvgIpc) is 2.49. The molecule has 1 rings (SSSR count). The Kier molecular flexibility index (Phi) is 8.92. The Morgan fingerprint density at radius 1 is 0.962 bits per heavy atom. The molecule has 1 fully saturated rings. The highest BCUT2D eigenvalue weighted by Gasteiger charge is 2.34. The topological polar surface area (TPSA) is 174 Å². The second kappa shape index (κ2) is 10.7. The molecule has 148 valence electrons. The van der Waals surface area contributed by atoms with Crippen LogP contribution in [0.4, 0.5) is 0 Å². The van der Waals surface area contributed by atoms with Gasteiger partial charge in [-0.2, -0.15) is 0 Å². The number of hydrogen-bond donors (Lipinski definition) is 4. The highest BCUT2D eigenvalue weighted by atomic mass is 17.2. The van der Waals surface area contributed by atoms with Crippen LogP contribution in [0.3, 0.4) is 0 Å². The lowest BCUT2D eigenvalue weighted by Crippen LogP contribution is -2.51. The Hall–Kier alpha value is -2.28. The van der Waals surface area contributed by atoms with Gasteiger partial charge in [-0.05, 0) is 12.8 Å². The maximum Gasteiger partial charge on any atom is 0.320 e. The molecule has 2 atom stereocenters. The first-order chi connectivity index (χ1) is 12.2. The fourth-order valence-electron chi connectivity index (χ4n) is 2.62. The van der Waals surface area contributed by atoms with Crippen LogP contribution in [-0.4, -0.2) is 106 Å². The molecule has 0 saturated carbocycles. The van der Waals surface area contributed by atoms with Crippen LogP contribution < -0.4 is 0 Å². The molecule has 2 unspecified atom stereocenters. The molecule has 12 nitrogen and oxygen atoms in total. The standard InChI is InChI=1S/C14H22N2O10/c17-11(18)6-15(7-12(19)20)3-4-25-26-9-1-2-10(14(23)24)16(5-9)8-13(21)22/h9-10H,1-8H2,(H,17,18)(H,19,20)(H,21,22)(H,23,24). The molecule has 0 amide bonds. The van der Waals surface area contributed by atoms with E-state index < -0.39 is 55.7 Å². The van der Waals surface area contributed by atoms with E-state index in [1.165, 1.54) is 4.90 Å². The lowest BCUT2D eigenvalue weighted by Gasteiger charge is -2.35. The number of carbonyl (C=O) groups is 4. The summed E-state index contributed by atoms with van der Waals surface area (Å²) in [6.45, 7) is -1.42. The molecule has 1 aliphatic rings. The van der Waals surface area contributed by atoms with Crippen molar-refractivity contribution in [1.82, 2.24) is 9.80 Å². The van der Waals surface area contributed by atoms with Gasteiger partial charge in [0.05, 0.1) is 26.2 Å². The number of carboxylic acids is 4. The second-order valence-corrected chi connectivity index (χ2v) is 5.79. The maximum absolute atomic E-state index is 11.2. The predicted octanol–water partition coefficient (Wildman–Crippen LogP) is -1.59. The van der Waals surface area contributed by atoms with Gasteiger partial charge in [0, 0.05) is 13.1 Å². The second-order valence-electron chi connectivity index (χ2n) is 5.79. The lowest BCUT2D eigenvalue weighted by atomic mass is 10.0. The first-order valence-electron chi connectivity index (χ1n) is 7.82. The van der Waals surface area contributed by atoms with Crippen LogP contribution in [0, 0.1) is 0 Å². The minimum absolute atomic E-state index is 0.00190. The third-order valence-corrected chi connectivity index (χ3v) is 3.68. The molecule has 0 aromatic heterocycles. The Balaban J connectivity index is 2.41. The number of piperidine rings is 1. The van der Waals surface area contributed by atoms with Crippen molar-refractivity contribution in [3.8, 4) is 0 Å². The van der Waals surface area contributed by atoms with Crippen molar-refractivity contribution in [2.75, 3.05) is 39.3 Å². The summed E-state index contributed by atoms with van der Waals surface area (Å²) in [5, 5.41) is 35.4. The monoisotopic (exact) mass is 378 g/mol. The van der Waals surface area contributed by atoms with E-state index >= 15 is 0 Å². The number of rotatable bonds is 12. The summed E-state index contributed by atoms with van der Waals surface area (Å²) in [4.78, 5) is 55.9. The molecular formula is C14H22N2O10. The molecule has 0 aliphatic carbocycles. The molecule has 0 spiro atoms. The van der Waals surface area contributed by atoms with Crippen molar-refractivity contribution in [2.24, 2.45) is 0 Å². The van der Waals surface area contributed by atoms with Crippen molar-refractivity contribution in [1.29, 1.82) is 0 Å². The number of aliphatic carboxylic acids is 4. The normalized spacial score (nSPS) is 20.8. The van der Waals surface area contributed by atoms with Gasteiger partial charge in [0.2, 0.25) is 0 Å². The number of carboxylic acid groups (broad SMARTS) is 4. The molecule has 0 bridgehead atoms. The largest absolute Gasteiger partial charge is 0.480 e. The van der Waals surface area contributed by atoms with Crippen LogP contribution in [-0.2, 0) is 29.0 Å². The van der Waals surface area contributed by atoms with Gasteiger partial charge < -0.3 is 20.4 Å². The van der Waals surface area contributed by atoms with Gasteiger partial charge in [0.1, 0.15) is 12.1 Å². The zero-order valence-corrected chi connectivity index (χ0v) is 13.9. The predicted molar refractivity (Wildman–Crippen MR) is 82.4 cm³/mol. The molecule has 0 aromatic rings. The van der Waals surface area contributed by atoms with Crippen molar-refractivity contribution in [2.45, 2.75) is 25.0 Å². The highest BCUT2D eigenvalue weighted by Crippen LogP contribution is 2.20. The van der Waals surface area contributed by atoms with E-state index in [9.17, 15) is 19.2 Å². The Morgan fingerprint density at radius 2 is 1.58 bits per heavy atom. The Bertz CT molecular complexity index is 510. The van der Waals surface area contributed by atoms with Gasteiger partial charge in [-0.3, -0.25) is 29.0 Å². The lowest BCUT2D eigenvalue weighted by molar-refractivity contribution is -0.331. The smallest absolute Gasteiger partial charge is 0.320 e. The van der Waals surface area contributed by atoms with Gasteiger partial charge in [-0.15, -0.1) is 0 Å². The van der Waals surface area contributed by atoms with Crippen molar-refractivity contribution in [3.05, 3.63) is 0 Å². The zero-order valence-electron chi connectivity index (χ0n) is 13.9. The fourth-order valence-corrected chi connectivity index (χ4v) is 2.62. The number of hydrogen-bond acceptors (Lipinski definition) is 8. The van der Waals surface area contributed by atoms with E-state index in [1.807, 2.05) is 0 Å². The van der Waals surface area contributed by atoms with E-state index in [0.29, 0.717) is 6.42 Å². The van der Waals surface area contributed by atoms with Crippen LogP contribution in [0.1, 0.15) is 12.8 Å². The third kappa shape index (κ3) is 8.20. The number of likely N-dealkylation sites (tertiary alicyclic amines) is 1. The van der Waals surface area contributed by atoms with E-state index in [-0.39, 0.29) is 26.1 Å². The third-order valence-electron chi connectivity index (χ3n) is 3.68. The van der Waals surface area contributed by atoms with Crippen LogP contribution in [0.5, 0.6) is 0 Å². The quantitative estimate of drug-likeness (QED) is 0.174. The minimum Gasteiger partial charge on any atom is -0.480 e. The van der Waals surface area contributed by atoms with Crippen LogP contribution in [0.2, 0.25) is 0 Å².